The van der Waals surface area contributed by atoms with Crippen molar-refractivity contribution in [2.24, 2.45) is 0 Å². The summed E-state index contributed by atoms with van der Waals surface area (Å²) in [6.45, 7) is 12.7. The summed E-state index contributed by atoms with van der Waals surface area (Å²) in [7, 11) is 0. The van der Waals surface area contributed by atoms with Crippen molar-refractivity contribution in [1.82, 2.24) is 29.9 Å². The maximum Gasteiger partial charge on any atom is 0.207 e. The van der Waals surface area contributed by atoms with E-state index in [0.29, 0.717) is 31.6 Å². The number of unbranched alkanes of at least 4 members (excludes halogenated alkanes) is 4. The number of aromatic nitrogens is 6. The minimum Gasteiger partial charge on any atom is -0.375 e. The second-order valence-electron chi connectivity index (χ2n) is 10.4. The Morgan fingerprint density at radius 3 is 1.39 bits per heavy atom. The quantitative estimate of drug-likeness (QED) is 0.0465. The van der Waals surface area contributed by atoms with Crippen LogP contribution in [0.1, 0.15) is 79.1 Å². The zero-order chi connectivity index (χ0) is 31.6. The van der Waals surface area contributed by atoms with Crippen LogP contribution in [-0.4, -0.2) is 67.8 Å². The minimum atomic E-state index is 0.462. The standard InChI is InChI=1S/C30H48N10S4/c1-5-9-16-39(17-10-6-2)25-33-27(41)37-29(35-25)43-21-31-23-14-13-15-24(20-23)32-22-44-30-36-26(34-28(42)38-30)40(18-11-7-3)19-12-8-4/h13-15,20,31-32H,5-12,16-19,21-22H2,1-4H3,(H,33,35,37,41)(H,34,36,38,42). The smallest absolute Gasteiger partial charge is 0.207 e. The highest BCUT2D eigenvalue weighted by molar-refractivity contribution is 7.99. The fourth-order valence-corrected chi connectivity index (χ4v) is 6.11. The number of anilines is 4. The van der Waals surface area contributed by atoms with Gasteiger partial charge in [-0.3, -0.25) is 0 Å². The van der Waals surface area contributed by atoms with Crippen molar-refractivity contribution in [3.8, 4) is 0 Å². The first kappa shape index (κ1) is 36.1. The van der Waals surface area contributed by atoms with Crippen LogP contribution >= 0.6 is 48.0 Å². The molecule has 0 fully saturated rings. The molecule has 0 aliphatic heterocycles. The van der Waals surface area contributed by atoms with E-state index in [1.807, 2.05) is 18.2 Å². The maximum absolute atomic E-state index is 5.43. The van der Waals surface area contributed by atoms with Crippen molar-refractivity contribution < 1.29 is 0 Å². The molecule has 14 heteroatoms. The van der Waals surface area contributed by atoms with Crippen LogP contribution in [0.25, 0.3) is 0 Å². The highest BCUT2D eigenvalue weighted by Crippen LogP contribution is 2.22. The molecule has 0 radical (unpaired) electrons. The third kappa shape index (κ3) is 12.9. The second kappa shape index (κ2) is 20.6. The van der Waals surface area contributed by atoms with Crippen LogP contribution in [0.4, 0.5) is 23.3 Å². The highest BCUT2D eigenvalue weighted by Gasteiger charge is 2.12. The maximum atomic E-state index is 5.43. The fourth-order valence-electron chi connectivity index (χ4n) is 4.29. The Labute approximate surface area is 281 Å². The predicted octanol–water partition coefficient (Wildman–Crippen LogP) is 8.52. The van der Waals surface area contributed by atoms with Gasteiger partial charge in [-0.1, -0.05) is 83.0 Å². The first-order valence-electron chi connectivity index (χ1n) is 15.8. The topological polar surface area (TPSA) is 114 Å². The van der Waals surface area contributed by atoms with Gasteiger partial charge in [-0.05, 0) is 68.3 Å². The molecular formula is C30H48N10S4. The number of aromatic amines is 2. The van der Waals surface area contributed by atoms with Gasteiger partial charge in [-0.15, -0.1) is 0 Å². The molecule has 0 aliphatic carbocycles. The Bertz CT molecular complexity index is 1250. The van der Waals surface area contributed by atoms with Gasteiger partial charge in [0.25, 0.3) is 0 Å². The Hall–Kier alpha value is -2.42. The summed E-state index contributed by atoms with van der Waals surface area (Å²) in [5.74, 6) is 2.85. The lowest BCUT2D eigenvalue weighted by molar-refractivity contribution is 0.653. The molecule has 3 aromatic rings. The molecule has 44 heavy (non-hydrogen) atoms. The Morgan fingerprint density at radius 2 is 1.02 bits per heavy atom. The summed E-state index contributed by atoms with van der Waals surface area (Å²) in [5.41, 5.74) is 2.01. The van der Waals surface area contributed by atoms with Gasteiger partial charge in [0.1, 0.15) is 0 Å². The van der Waals surface area contributed by atoms with Crippen molar-refractivity contribution in [3.05, 3.63) is 33.8 Å². The largest absolute Gasteiger partial charge is 0.375 e. The Kier molecular flexibility index (Phi) is 16.9. The van der Waals surface area contributed by atoms with Crippen LogP contribution in [0.2, 0.25) is 0 Å². The molecule has 0 saturated carbocycles. The molecule has 0 spiro atoms. The van der Waals surface area contributed by atoms with Gasteiger partial charge in [-0.25, -0.2) is 0 Å². The molecule has 242 valence electrons. The molecule has 0 bridgehead atoms. The molecule has 10 nitrogen and oxygen atoms in total. The van der Waals surface area contributed by atoms with Crippen molar-refractivity contribution in [2.75, 3.05) is 58.4 Å². The number of rotatable bonds is 22. The van der Waals surface area contributed by atoms with Crippen molar-refractivity contribution >= 4 is 71.2 Å². The summed E-state index contributed by atoms with van der Waals surface area (Å²) < 4.78 is 0.925. The SMILES string of the molecule is CCCCN(CCCC)c1nc(SCNc2cccc(NCSc3nc(N(CCCC)CCCC)[nH]c(=S)n3)c2)nc(=S)[nH]1. The first-order chi connectivity index (χ1) is 21.4. The van der Waals surface area contributed by atoms with Gasteiger partial charge in [0, 0.05) is 37.6 Å². The van der Waals surface area contributed by atoms with Crippen LogP contribution in [0.3, 0.4) is 0 Å². The van der Waals surface area contributed by atoms with E-state index in [1.165, 1.54) is 23.5 Å². The number of H-pyrrole nitrogens is 2. The number of hydrogen-bond donors (Lipinski definition) is 4. The minimum absolute atomic E-state index is 0.462. The first-order valence-corrected chi connectivity index (χ1v) is 18.5. The van der Waals surface area contributed by atoms with Crippen LogP contribution in [0.5, 0.6) is 0 Å². The zero-order valence-corrected chi connectivity index (χ0v) is 29.8. The summed E-state index contributed by atoms with van der Waals surface area (Å²) in [4.78, 5) is 29.4. The van der Waals surface area contributed by atoms with Gasteiger partial charge >= 0.3 is 0 Å². The zero-order valence-electron chi connectivity index (χ0n) is 26.5. The van der Waals surface area contributed by atoms with Gasteiger partial charge in [0.2, 0.25) is 21.4 Å². The number of nitrogens with one attached hydrogen (secondary N) is 4. The highest BCUT2D eigenvalue weighted by atomic mass is 32.2. The average Bonchev–Trinajstić information content (AvgIpc) is 3.01. The molecule has 2 heterocycles. The molecule has 0 aliphatic rings. The summed E-state index contributed by atoms with van der Waals surface area (Å²) in [5, 5.41) is 8.28. The van der Waals surface area contributed by atoms with Crippen LogP contribution < -0.4 is 20.4 Å². The van der Waals surface area contributed by atoms with E-state index >= 15 is 0 Å². The summed E-state index contributed by atoms with van der Waals surface area (Å²) in [6.07, 6.45) is 9.01. The van der Waals surface area contributed by atoms with E-state index in [9.17, 15) is 0 Å². The van der Waals surface area contributed by atoms with E-state index in [1.54, 1.807) is 0 Å². The van der Waals surface area contributed by atoms with Gasteiger partial charge in [-0.2, -0.15) is 19.9 Å². The monoisotopic (exact) mass is 676 g/mol. The van der Waals surface area contributed by atoms with E-state index < -0.39 is 0 Å². The Balaban J connectivity index is 1.55. The van der Waals surface area contributed by atoms with Gasteiger partial charge in [0.05, 0.1) is 11.8 Å². The van der Waals surface area contributed by atoms with Crippen molar-refractivity contribution in [1.29, 1.82) is 0 Å². The van der Waals surface area contributed by atoms with Gasteiger partial charge < -0.3 is 30.4 Å². The van der Waals surface area contributed by atoms with E-state index in [0.717, 1.165) is 101 Å². The third-order valence-corrected chi connectivity index (χ3v) is 8.62. The normalized spacial score (nSPS) is 11.0. The number of thioether (sulfide) groups is 2. The molecule has 4 N–H and O–H groups in total. The van der Waals surface area contributed by atoms with Crippen molar-refractivity contribution in [3.63, 3.8) is 0 Å². The van der Waals surface area contributed by atoms with E-state index in [2.05, 4.69) is 74.1 Å². The lowest BCUT2D eigenvalue weighted by Gasteiger charge is -2.23. The number of nitrogens with zero attached hydrogens (tertiary/aromatic N) is 6. The van der Waals surface area contributed by atoms with E-state index in [4.69, 9.17) is 34.4 Å². The van der Waals surface area contributed by atoms with Crippen molar-refractivity contribution in [2.45, 2.75) is 89.4 Å². The molecule has 0 unspecified atom stereocenters. The van der Waals surface area contributed by atoms with Gasteiger partial charge in [0.15, 0.2) is 10.3 Å². The number of benzene rings is 1. The average molecular weight is 677 g/mol. The third-order valence-electron chi connectivity index (χ3n) is 6.78. The Morgan fingerprint density at radius 1 is 0.636 bits per heavy atom. The van der Waals surface area contributed by atoms with Crippen LogP contribution in [0.15, 0.2) is 34.6 Å². The number of hydrogen-bond acceptors (Lipinski definition) is 12. The van der Waals surface area contributed by atoms with E-state index in [-0.39, 0.29) is 0 Å². The predicted molar refractivity (Wildman–Crippen MR) is 194 cm³/mol. The molecule has 0 saturated heterocycles. The van der Waals surface area contributed by atoms with Crippen LogP contribution in [-0.2, 0) is 0 Å². The molecule has 0 amide bonds. The molecule has 1 aromatic carbocycles. The fraction of sp³-hybridized carbons (Fsp3) is 0.600. The summed E-state index contributed by atoms with van der Waals surface area (Å²) >= 11 is 13.9. The van der Waals surface area contributed by atoms with Crippen LogP contribution in [0, 0.1) is 9.54 Å². The molecule has 0 atom stereocenters. The lowest BCUT2D eigenvalue weighted by atomic mass is 10.3. The lowest BCUT2D eigenvalue weighted by Crippen LogP contribution is -2.28. The molecule has 2 aromatic heterocycles. The molecular weight excluding hydrogens is 629 g/mol. The second-order valence-corrected chi connectivity index (χ2v) is 13.1. The summed E-state index contributed by atoms with van der Waals surface area (Å²) in [6, 6.07) is 8.21. The molecule has 3 rings (SSSR count).